The summed E-state index contributed by atoms with van der Waals surface area (Å²) in [5, 5.41) is 7.86. The van der Waals surface area contributed by atoms with E-state index in [1.165, 1.54) is 11.3 Å². The maximum Gasteiger partial charge on any atom is 0.283 e. The second-order valence-corrected chi connectivity index (χ2v) is 9.78. The molecular formula is C28H21ClN4O3S. The zero-order valence-electron chi connectivity index (χ0n) is 19.9. The highest BCUT2D eigenvalue weighted by atomic mass is 35.5. The van der Waals surface area contributed by atoms with Crippen LogP contribution >= 0.6 is 22.9 Å². The monoisotopic (exact) mass is 528 g/mol. The Labute approximate surface area is 222 Å². The molecule has 5 rings (SSSR count). The van der Waals surface area contributed by atoms with Crippen molar-refractivity contribution in [1.82, 2.24) is 4.98 Å². The molecule has 1 aliphatic rings. The SMILES string of the molecule is Cc1cc(C)cc(N2C(=O)C(Cl)=C(Nc3cccc(C(=O)Nc4nc(-c5ccccc5)cs4)c3)C2=O)c1. The minimum Gasteiger partial charge on any atom is -0.350 e. The quantitative estimate of drug-likeness (QED) is 0.294. The van der Waals surface area contributed by atoms with E-state index in [9.17, 15) is 14.4 Å². The number of imide groups is 1. The number of hydrogen-bond acceptors (Lipinski definition) is 6. The van der Waals surface area contributed by atoms with Crippen LogP contribution in [0.4, 0.5) is 16.5 Å². The number of thiazole rings is 1. The molecule has 7 nitrogen and oxygen atoms in total. The molecule has 2 N–H and O–H groups in total. The highest BCUT2D eigenvalue weighted by molar-refractivity contribution is 7.14. The number of nitrogens with zero attached hydrogens (tertiary/aromatic N) is 2. The largest absolute Gasteiger partial charge is 0.350 e. The van der Waals surface area contributed by atoms with E-state index in [4.69, 9.17) is 11.6 Å². The number of aromatic nitrogens is 1. The normalized spacial score (nSPS) is 13.3. The predicted molar refractivity (Wildman–Crippen MR) is 147 cm³/mol. The summed E-state index contributed by atoms with van der Waals surface area (Å²) in [6, 6.07) is 21.7. The maximum absolute atomic E-state index is 13.1. The van der Waals surface area contributed by atoms with Crippen LogP contribution in [0.1, 0.15) is 21.5 Å². The smallest absolute Gasteiger partial charge is 0.283 e. The van der Waals surface area contributed by atoms with Crippen molar-refractivity contribution < 1.29 is 14.4 Å². The molecule has 0 fully saturated rings. The average molecular weight is 529 g/mol. The molecule has 0 atom stereocenters. The topological polar surface area (TPSA) is 91.4 Å². The molecule has 0 spiro atoms. The van der Waals surface area contributed by atoms with Gasteiger partial charge in [0.05, 0.1) is 11.4 Å². The second kappa shape index (κ2) is 10.0. The molecule has 9 heteroatoms. The van der Waals surface area contributed by atoms with Gasteiger partial charge in [-0.2, -0.15) is 0 Å². The lowest BCUT2D eigenvalue weighted by Gasteiger charge is -2.16. The molecule has 1 aromatic heterocycles. The van der Waals surface area contributed by atoms with Crippen molar-refractivity contribution in [3.8, 4) is 11.3 Å². The molecule has 1 aliphatic heterocycles. The Hall–Kier alpha value is -4.27. The minimum atomic E-state index is -0.606. The number of hydrogen-bond donors (Lipinski definition) is 2. The van der Waals surface area contributed by atoms with E-state index < -0.39 is 11.8 Å². The van der Waals surface area contributed by atoms with Crippen molar-refractivity contribution in [3.05, 3.63) is 106 Å². The highest BCUT2D eigenvalue weighted by Gasteiger charge is 2.39. The Morgan fingerprint density at radius 3 is 2.38 bits per heavy atom. The number of carbonyl (C=O) groups is 3. The van der Waals surface area contributed by atoms with Crippen molar-refractivity contribution in [2.45, 2.75) is 13.8 Å². The van der Waals surface area contributed by atoms with Gasteiger partial charge in [-0.25, -0.2) is 9.88 Å². The number of halogens is 1. The van der Waals surface area contributed by atoms with E-state index in [0.717, 1.165) is 27.3 Å². The second-order valence-electron chi connectivity index (χ2n) is 8.54. The summed E-state index contributed by atoms with van der Waals surface area (Å²) in [7, 11) is 0. The average Bonchev–Trinajstić information content (AvgIpc) is 3.42. The first-order chi connectivity index (χ1) is 17.8. The summed E-state index contributed by atoms with van der Waals surface area (Å²) in [4.78, 5) is 44.4. The zero-order chi connectivity index (χ0) is 26.1. The zero-order valence-corrected chi connectivity index (χ0v) is 21.5. The fraction of sp³-hybridized carbons (Fsp3) is 0.0714. The molecule has 0 aliphatic carbocycles. The van der Waals surface area contributed by atoms with Gasteiger partial charge in [0.1, 0.15) is 10.7 Å². The van der Waals surface area contributed by atoms with Crippen molar-refractivity contribution >= 4 is 57.2 Å². The van der Waals surface area contributed by atoms with Crippen molar-refractivity contribution in [3.63, 3.8) is 0 Å². The highest BCUT2D eigenvalue weighted by Crippen LogP contribution is 2.31. The van der Waals surface area contributed by atoms with Gasteiger partial charge < -0.3 is 5.32 Å². The molecule has 2 heterocycles. The minimum absolute atomic E-state index is 0.0455. The lowest BCUT2D eigenvalue weighted by atomic mass is 10.1. The summed E-state index contributed by atoms with van der Waals surface area (Å²) >= 11 is 7.61. The van der Waals surface area contributed by atoms with Gasteiger partial charge in [0.2, 0.25) is 0 Å². The van der Waals surface area contributed by atoms with Crippen LogP contribution in [0.2, 0.25) is 0 Å². The van der Waals surface area contributed by atoms with Crippen molar-refractivity contribution in [2.24, 2.45) is 0 Å². The van der Waals surface area contributed by atoms with E-state index >= 15 is 0 Å². The Balaban J connectivity index is 1.32. The summed E-state index contributed by atoms with van der Waals surface area (Å²) in [5.41, 5.74) is 4.77. The Kier molecular flexibility index (Phi) is 6.60. The molecule has 0 radical (unpaired) electrons. The van der Waals surface area contributed by atoms with Gasteiger partial charge in [0.15, 0.2) is 5.13 Å². The molecule has 3 amide bonds. The van der Waals surface area contributed by atoms with E-state index in [2.05, 4.69) is 15.6 Å². The van der Waals surface area contributed by atoms with Gasteiger partial charge in [-0.3, -0.25) is 19.7 Å². The molecule has 0 bridgehead atoms. The molecular weight excluding hydrogens is 508 g/mol. The van der Waals surface area contributed by atoms with E-state index in [0.29, 0.717) is 22.1 Å². The predicted octanol–water partition coefficient (Wildman–Crippen LogP) is 6.11. The van der Waals surface area contributed by atoms with Gasteiger partial charge in [0, 0.05) is 22.2 Å². The van der Waals surface area contributed by atoms with Crippen molar-refractivity contribution in [1.29, 1.82) is 0 Å². The first-order valence-corrected chi connectivity index (χ1v) is 12.6. The third kappa shape index (κ3) is 5.02. The van der Waals surface area contributed by atoms with Crippen LogP contribution in [-0.2, 0) is 9.59 Å². The molecule has 0 unspecified atom stereocenters. The summed E-state index contributed by atoms with van der Waals surface area (Å²) in [6.07, 6.45) is 0. The number of amides is 3. The molecule has 4 aromatic rings. The molecule has 184 valence electrons. The first-order valence-electron chi connectivity index (χ1n) is 11.4. The fourth-order valence-electron chi connectivity index (χ4n) is 4.05. The third-order valence-corrected chi connectivity index (χ3v) is 6.79. The number of nitrogens with one attached hydrogen (secondary N) is 2. The van der Waals surface area contributed by atoms with Crippen LogP contribution in [0.15, 0.2) is 88.9 Å². The van der Waals surface area contributed by atoms with Gasteiger partial charge in [-0.05, 0) is 55.3 Å². The third-order valence-electron chi connectivity index (χ3n) is 5.68. The standard InChI is InChI=1S/C28H21ClN4O3S/c1-16-11-17(2)13-21(12-16)33-26(35)23(29)24(27(33)36)30-20-10-6-9-19(14-20)25(34)32-28-31-22(15-37-28)18-7-4-3-5-8-18/h3-15,30H,1-2H3,(H,31,32,34). The number of aryl methyl sites for hydroxylation is 2. The number of rotatable bonds is 6. The van der Waals surface area contributed by atoms with Crippen LogP contribution in [-0.4, -0.2) is 22.7 Å². The molecule has 3 aromatic carbocycles. The van der Waals surface area contributed by atoms with Gasteiger partial charge >= 0.3 is 0 Å². The van der Waals surface area contributed by atoms with Gasteiger partial charge in [-0.1, -0.05) is 54.1 Å². The Morgan fingerprint density at radius 1 is 0.919 bits per heavy atom. The first kappa shape index (κ1) is 24.4. The van der Waals surface area contributed by atoms with E-state index in [1.807, 2.05) is 55.6 Å². The Bertz CT molecular complexity index is 1560. The summed E-state index contributed by atoms with van der Waals surface area (Å²) in [6.45, 7) is 3.78. The number of benzene rings is 3. The van der Waals surface area contributed by atoms with Crippen LogP contribution < -0.4 is 15.5 Å². The Morgan fingerprint density at radius 2 is 1.65 bits per heavy atom. The lowest BCUT2D eigenvalue weighted by molar-refractivity contribution is -0.120. The molecule has 0 saturated heterocycles. The van der Waals surface area contributed by atoms with Gasteiger partial charge in [-0.15, -0.1) is 11.3 Å². The van der Waals surface area contributed by atoms with Gasteiger partial charge in [0.25, 0.3) is 17.7 Å². The van der Waals surface area contributed by atoms with E-state index in [1.54, 1.807) is 36.4 Å². The van der Waals surface area contributed by atoms with Crippen LogP contribution in [0.3, 0.4) is 0 Å². The lowest BCUT2D eigenvalue weighted by Crippen LogP contribution is -2.32. The van der Waals surface area contributed by atoms with E-state index in [-0.39, 0.29) is 16.6 Å². The van der Waals surface area contributed by atoms with Crippen molar-refractivity contribution in [2.75, 3.05) is 15.5 Å². The number of anilines is 3. The fourth-order valence-corrected chi connectivity index (χ4v) is 4.98. The maximum atomic E-state index is 13.1. The van der Waals surface area contributed by atoms with Crippen LogP contribution in [0.5, 0.6) is 0 Å². The summed E-state index contributed by atoms with van der Waals surface area (Å²) < 4.78 is 0. The van der Waals surface area contributed by atoms with Crippen LogP contribution in [0.25, 0.3) is 11.3 Å². The van der Waals surface area contributed by atoms with Crippen LogP contribution in [0, 0.1) is 13.8 Å². The summed E-state index contributed by atoms with van der Waals surface area (Å²) in [5.74, 6) is -1.53. The molecule has 37 heavy (non-hydrogen) atoms. The number of carbonyl (C=O) groups excluding carboxylic acids is 3. The molecule has 0 saturated carbocycles.